The first-order valence-electron chi connectivity index (χ1n) is 5.80. The molecular weight excluding hydrogens is 212 g/mol. The molecule has 0 radical (unpaired) electrons. The minimum absolute atomic E-state index is 0.268. The molecule has 90 valence electrons. The Morgan fingerprint density at radius 2 is 2.18 bits per heavy atom. The van der Waals surface area contributed by atoms with Gasteiger partial charge in [0.1, 0.15) is 0 Å². The molecule has 0 saturated carbocycles. The summed E-state index contributed by atoms with van der Waals surface area (Å²) in [6.45, 7) is 4.91. The fraction of sp³-hybridized carbons (Fsp3) is 0.385. The zero-order valence-electron chi connectivity index (χ0n) is 10.5. The summed E-state index contributed by atoms with van der Waals surface area (Å²) in [6, 6.07) is 8.38. The highest BCUT2D eigenvalue weighted by Gasteiger charge is 2.08. The lowest BCUT2D eigenvalue weighted by molar-refractivity contribution is 0.525. The lowest BCUT2D eigenvalue weighted by Gasteiger charge is -2.13. The maximum atomic E-state index is 4.46. The van der Waals surface area contributed by atoms with E-state index < -0.39 is 0 Å². The average molecular weight is 230 g/mol. The van der Waals surface area contributed by atoms with Crippen molar-refractivity contribution in [3.05, 3.63) is 47.5 Å². The molecule has 2 aromatic heterocycles. The molecule has 2 heterocycles. The Labute approximate surface area is 102 Å². The molecule has 1 atom stereocenters. The maximum absolute atomic E-state index is 4.46. The molecule has 2 aromatic rings. The van der Waals surface area contributed by atoms with Crippen LogP contribution in [0, 0.1) is 6.92 Å². The number of pyridine rings is 1. The normalized spacial score (nSPS) is 12.6. The Morgan fingerprint density at radius 1 is 1.35 bits per heavy atom. The number of hydrogen-bond acceptors (Lipinski definition) is 3. The van der Waals surface area contributed by atoms with Gasteiger partial charge in [0.15, 0.2) is 0 Å². The third kappa shape index (κ3) is 2.91. The first kappa shape index (κ1) is 11.8. The van der Waals surface area contributed by atoms with Gasteiger partial charge in [-0.15, -0.1) is 0 Å². The van der Waals surface area contributed by atoms with Gasteiger partial charge in [0, 0.05) is 31.5 Å². The van der Waals surface area contributed by atoms with Crippen molar-refractivity contribution in [1.29, 1.82) is 0 Å². The third-order valence-electron chi connectivity index (χ3n) is 2.84. The van der Waals surface area contributed by atoms with Crippen molar-refractivity contribution in [2.75, 3.05) is 0 Å². The van der Waals surface area contributed by atoms with Crippen LogP contribution in [-0.4, -0.2) is 14.8 Å². The van der Waals surface area contributed by atoms with Crippen molar-refractivity contribution in [3.8, 4) is 0 Å². The SMILES string of the molecule is Cc1cccc(CNC(C)c2ccnn2C)n1. The monoisotopic (exact) mass is 230 g/mol. The van der Waals surface area contributed by atoms with E-state index in [0.717, 1.165) is 17.9 Å². The first-order valence-corrected chi connectivity index (χ1v) is 5.80. The fourth-order valence-electron chi connectivity index (χ4n) is 1.87. The molecule has 0 aliphatic rings. The summed E-state index contributed by atoms with van der Waals surface area (Å²) in [6.07, 6.45) is 1.82. The fourth-order valence-corrected chi connectivity index (χ4v) is 1.87. The summed E-state index contributed by atoms with van der Waals surface area (Å²) in [5.41, 5.74) is 3.30. The van der Waals surface area contributed by atoms with Gasteiger partial charge in [-0.2, -0.15) is 5.10 Å². The van der Waals surface area contributed by atoms with E-state index in [1.54, 1.807) is 0 Å². The Kier molecular flexibility index (Phi) is 3.54. The highest BCUT2D eigenvalue weighted by molar-refractivity contribution is 5.11. The van der Waals surface area contributed by atoms with Gasteiger partial charge in [0.25, 0.3) is 0 Å². The Bertz CT molecular complexity index is 490. The number of aryl methyl sites for hydroxylation is 2. The van der Waals surface area contributed by atoms with Gasteiger partial charge in [-0.3, -0.25) is 9.67 Å². The molecule has 0 spiro atoms. The Balaban J connectivity index is 1.97. The lowest BCUT2D eigenvalue weighted by atomic mass is 10.2. The van der Waals surface area contributed by atoms with Crippen molar-refractivity contribution in [2.45, 2.75) is 26.4 Å². The minimum Gasteiger partial charge on any atom is -0.303 e. The summed E-state index contributed by atoms with van der Waals surface area (Å²) < 4.78 is 1.89. The molecule has 1 N–H and O–H groups in total. The molecule has 0 fully saturated rings. The van der Waals surface area contributed by atoms with Crippen LogP contribution in [0.25, 0.3) is 0 Å². The van der Waals surface area contributed by atoms with Gasteiger partial charge in [-0.1, -0.05) is 6.07 Å². The summed E-state index contributed by atoms with van der Waals surface area (Å²) in [4.78, 5) is 4.46. The second-order valence-corrected chi connectivity index (χ2v) is 4.25. The first-order chi connectivity index (χ1) is 8.16. The van der Waals surface area contributed by atoms with Gasteiger partial charge in [-0.25, -0.2) is 0 Å². The van der Waals surface area contributed by atoms with E-state index in [2.05, 4.69) is 22.3 Å². The number of nitrogens with one attached hydrogen (secondary N) is 1. The highest BCUT2D eigenvalue weighted by atomic mass is 15.3. The van der Waals surface area contributed by atoms with Crippen LogP contribution in [-0.2, 0) is 13.6 Å². The molecular formula is C13H18N4. The predicted octanol–water partition coefficient (Wildman–Crippen LogP) is 1.97. The van der Waals surface area contributed by atoms with Crippen LogP contribution < -0.4 is 5.32 Å². The van der Waals surface area contributed by atoms with Crippen molar-refractivity contribution in [3.63, 3.8) is 0 Å². The summed E-state index contributed by atoms with van der Waals surface area (Å²) in [5, 5.41) is 7.61. The van der Waals surface area contributed by atoms with E-state index in [4.69, 9.17) is 0 Å². The Hall–Kier alpha value is -1.68. The van der Waals surface area contributed by atoms with Gasteiger partial charge in [0.05, 0.1) is 11.4 Å². The standard InChI is InChI=1S/C13H18N4/c1-10-5-4-6-12(16-10)9-14-11(2)13-7-8-15-17(13)3/h4-8,11,14H,9H2,1-3H3. The molecule has 0 amide bonds. The molecule has 0 aliphatic carbocycles. The van der Waals surface area contributed by atoms with Gasteiger partial charge >= 0.3 is 0 Å². The second kappa shape index (κ2) is 5.10. The minimum atomic E-state index is 0.268. The molecule has 0 bridgehead atoms. The van der Waals surface area contributed by atoms with Crippen molar-refractivity contribution < 1.29 is 0 Å². The van der Waals surface area contributed by atoms with Gasteiger partial charge in [-0.05, 0) is 32.0 Å². The van der Waals surface area contributed by atoms with Gasteiger partial charge < -0.3 is 5.32 Å². The van der Waals surface area contributed by atoms with Crippen LogP contribution in [0.1, 0.15) is 30.0 Å². The quantitative estimate of drug-likeness (QED) is 0.873. The summed E-state index contributed by atoms with van der Waals surface area (Å²) in [7, 11) is 1.96. The molecule has 1 unspecified atom stereocenters. The smallest absolute Gasteiger partial charge is 0.0547 e. The van der Waals surface area contributed by atoms with Crippen LogP contribution >= 0.6 is 0 Å². The number of rotatable bonds is 4. The van der Waals surface area contributed by atoms with E-state index in [1.165, 1.54) is 5.69 Å². The second-order valence-electron chi connectivity index (χ2n) is 4.25. The third-order valence-corrected chi connectivity index (χ3v) is 2.84. The van der Waals surface area contributed by atoms with E-state index in [0.29, 0.717) is 0 Å². The predicted molar refractivity (Wildman–Crippen MR) is 67.4 cm³/mol. The topological polar surface area (TPSA) is 42.7 Å². The van der Waals surface area contributed by atoms with Crippen LogP contribution in [0.2, 0.25) is 0 Å². The number of aromatic nitrogens is 3. The van der Waals surface area contributed by atoms with E-state index in [-0.39, 0.29) is 6.04 Å². The zero-order valence-corrected chi connectivity index (χ0v) is 10.5. The summed E-state index contributed by atoms with van der Waals surface area (Å²) >= 11 is 0. The molecule has 0 aromatic carbocycles. The summed E-state index contributed by atoms with van der Waals surface area (Å²) in [5.74, 6) is 0. The maximum Gasteiger partial charge on any atom is 0.0547 e. The molecule has 4 heteroatoms. The largest absolute Gasteiger partial charge is 0.303 e. The van der Waals surface area contributed by atoms with Crippen LogP contribution in [0.3, 0.4) is 0 Å². The van der Waals surface area contributed by atoms with Crippen molar-refractivity contribution in [2.24, 2.45) is 7.05 Å². The van der Waals surface area contributed by atoms with E-state index in [1.807, 2.05) is 49.1 Å². The molecule has 0 saturated heterocycles. The lowest BCUT2D eigenvalue weighted by Crippen LogP contribution is -2.21. The van der Waals surface area contributed by atoms with Crippen molar-refractivity contribution in [1.82, 2.24) is 20.1 Å². The van der Waals surface area contributed by atoms with E-state index >= 15 is 0 Å². The molecule has 17 heavy (non-hydrogen) atoms. The van der Waals surface area contributed by atoms with E-state index in [9.17, 15) is 0 Å². The zero-order chi connectivity index (χ0) is 12.3. The van der Waals surface area contributed by atoms with Crippen LogP contribution in [0.4, 0.5) is 0 Å². The molecule has 4 nitrogen and oxygen atoms in total. The molecule has 0 aliphatic heterocycles. The number of nitrogens with zero attached hydrogens (tertiary/aromatic N) is 3. The molecule has 2 rings (SSSR count). The highest BCUT2D eigenvalue weighted by Crippen LogP contribution is 2.10. The average Bonchev–Trinajstić information content (AvgIpc) is 2.72. The van der Waals surface area contributed by atoms with Crippen LogP contribution in [0.5, 0.6) is 0 Å². The van der Waals surface area contributed by atoms with Crippen molar-refractivity contribution >= 4 is 0 Å². The number of hydrogen-bond donors (Lipinski definition) is 1. The Morgan fingerprint density at radius 3 is 2.82 bits per heavy atom. The van der Waals surface area contributed by atoms with Gasteiger partial charge in [0.2, 0.25) is 0 Å². The van der Waals surface area contributed by atoms with Crippen LogP contribution in [0.15, 0.2) is 30.5 Å².